The second kappa shape index (κ2) is 13.4. The smallest absolute Gasteiger partial charge is 0.408 e. The molecule has 1 fully saturated rings. The van der Waals surface area contributed by atoms with Gasteiger partial charge in [-0.25, -0.2) is 4.79 Å². The number of hydrogen-bond acceptors (Lipinski definition) is 6. The number of benzene rings is 1. The standard InChI is InChI=1S/C26H37ClN4O6/c1-16(29-25(36)37-26(3,4)5)22(33)28-17(2)24(35)31-13-9-12-20(31)23(34)30-19(21(32)15-27)14-18-10-7-6-8-11-18/h6-8,10-11,16-17,19-20H,9,12-15H2,1-5H3,(H,28,33)(H,29,36)(H,30,34)/t16-,17+,19+,20+/m1/s1. The second-order valence-electron chi connectivity index (χ2n) is 10.1. The van der Waals surface area contributed by atoms with Gasteiger partial charge in [0.1, 0.15) is 23.7 Å². The SMILES string of the molecule is C[C@H](NC(=O)[C@@H](C)NC(=O)OC(C)(C)C)C(=O)N1CCC[C@H]1C(=O)N[C@@H](Cc1ccccc1)C(=O)CCl. The first-order chi connectivity index (χ1) is 17.3. The normalized spacial score (nSPS) is 17.8. The lowest BCUT2D eigenvalue weighted by atomic mass is 10.0. The van der Waals surface area contributed by atoms with Gasteiger partial charge in [-0.2, -0.15) is 0 Å². The average Bonchev–Trinajstić information content (AvgIpc) is 3.32. The van der Waals surface area contributed by atoms with E-state index in [1.807, 2.05) is 30.3 Å². The van der Waals surface area contributed by atoms with Gasteiger partial charge < -0.3 is 25.6 Å². The first-order valence-corrected chi connectivity index (χ1v) is 12.9. The summed E-state index contributed by atoms with van der Waals surface area (Å²) in [4.78, 5) is 64.5. The maximum atomic E-state index is 13.1. The topological polar surface area (TPSA) is 134 Å². The highest BCUT2D eigenvalue weighted by atomic mass is 35.5. The molecule has 0 spiro atoms. The van der Waals surface area contributed by atoms with Gasteiger partial charge in [0, 0.05) is 6.54 Å². The molecule has 4 atom stereocenters. The van der Waals surface area contributed by atoms with Crippen LogP contribution in [0.3, 0.4) is 0 Å². The summed E-state index contributed by atoms with van der Waals surface area (Å²) < 4.78 is 5.14. The van der Waals surface area contributed by atoms with Crippen LogP contribution in [-0.2, 0) is 30.3 Å². The minimum atomic E-state index is -0.942. The number of hydrogen-bond donors (Lipinski definition) is 3. The molecule has 204 valence electrons. The van der Waals surface area contributed by atoms with Gasteiger partial charge in [0.05, 0.1) is 11.9 Å². The molecule has 1 heterocycles. The molecule has 10 nitrogen and oxygen atoms in total. The van der Waals surface area contributed by atoms with E-state index >= 15 is 0 Å². The number of halogens is 1. The number of Topliss-reactive ketones (excluding diaryl/α,β-unsaturated/α-hetero) is 1. The first kappa shape index (κ1) is 30.1. The zero-order valence-electron chi connectivity index (χ0n) is 22.0. The van der Waals surface area contributed by atoms with E-state index in [9.17, 15) is 24.0 Å². The summed E-state index contributed by atoms with van der Waals surface area (Å²) in [5.41, 5.74) is 0.152. The highest BCUT2D eigenvalue weighted by Gasteiger charge is 2.38. The van der Waals surface area contributed by atoms with E-state index in [1.165, 1.54) is 18.7 Å². The lowest BCUT2D eigenvalue weighted by Gasteiger charge is -2.29. The number of nitrogens with zero attached hydrogens (tertiary/aromatic N) is 1. The molecule has 1 aliphatic rings. The Balaban J connectivity index is 1.99. The molecule has 0 unspecified atom stereocenters. The van der Waals surface area contributed by atoms with E-state index in [-0.39, 0.29) is 18.1 Å². The van der Waals surface area contributed by atoms with Crippen molar-refractivity contribution in [2.45, 2.75) is 83.6 Å². The molecular formula is C26H37ClN4O6. The Hall–Kier alpha value is -3.14. The highest BCUT2D eigenvalue weighted by molar-refractivity contribution is 6.28. The van der Waals surface area contributed by atoms with Crippen molar-refractivity contribution in [3.8, 4) is 0 Å². The number of nitrogens with one attached hydrogen (secondary N) is 3. The number of amides is 4. The van der Waals surface area contributed by atoms with E-state index in [4.69, 9.17) is 16.3 Å². The summed E-state index contributed by atoms with van der Waals surface area (Å²) in [6.45, 7) is 8.45. The van der Waals surface area contributed by atoms with Gasteiger partial charge in [-0.15, -0.1) is 11.6 Å². The summed E-state index contributed by atoms with van der Waals surface area (Å²) in [6.07, 6.45) is 0.575. The molecule has 3 N–H and O–H groups in total. The van der Waals surface area contributed by atoms with Crippen molar-refractivity contribution >= 4 is 41.2 Å². The number of carbonyl (C=O) groups excluding carboxylic acids is 5. The minimum absolute atomic E-state index is 0.246. The van der Waals surface area contributed by atoms with Crippen LogP contribution >= 0.6 is 11.6 Å². The molecule has 0 bridgehead atoms. The Bertz CT molecular complexity index is 981. The zero-order chi connectivity index (χ0) is 27.8. The van der Waals surface area contributed by atoms with Gasteiger partial charge in [0.25, 0.3) is 0 Å². The number of alkyl halides is 1. The molecule has 11 heteroatoms. The third-order valence-corrected chi connectivity index (χ3v) is 6.08. The van der Waals surface area contributed by atoms with E-state index in [1.54, 1.807) is 20.8 Å². The molecule has 0 aromatic heterocycles. The Kier molecular flexibility index (Phi) is 10.9. The molecular weight excluding hydrogens is 500 g/mol. The van der Waals surface area contributed by atoms with Crippen molar-refractivity contribution in [3.05, 3.63) is 35.9 Å². The number of ether oxygens (including phenoxy) is 1. The summed E-state index contributed by atoms with van der Waals surface area (Å²) in [6, 6.07) is 5.79. The molecule has 0 saturated carbocycles. The summed E-state index contributed by atoms with van der Waals surface area (Å²) in [5, 5.41) is 7.78. The van der Waals surface area contributed by atoms with Crippen molar-refractivity contribution in [2.75, 3.05) is 12.4 Å². The first-order valence-electron chi connectivity index (χ1n) is 12.4. The minimum Gasteiger partial charge on any atom is -0.444 e. The van der Waals surface area contributed by atoms with Gasteiger partial charge in [-0.1, -0.05) is 30.3 Å². The van der Waals surface area contributed by atoms with Gasteiger partial charge in [0.15, 0.2) is 5.78 Å². The molecule has 1 aromatic carbocycles. The van der Waals surface area contributed by atoms with Gasteiger partial charge in [0.2, 0.25) is 17.7 Å². The molecule has 0 aliphatic carbocycles. The highest BCUT2D eigenvalue weighted by Crippen LogP contribution is 2.19. The predicted molar refractivity (Wildman–Crippen MR) is 139 cm³/mol. The lowest BCUT2D eigenvalue weighted by Crippen LogP contribution is -2.56. The quantitative estimate of drug-likeness (QED) is 0.391. The fourth-order valence-electron chi connectivity index (χ4n) is 3.96. The van der Waals surface area contributed by atoms with E-state index in [0.717, 1.165) is 5.56 Å². The average molecular weight is 537 g/mol. The third kappa shape index (κ3) is 9.35. The van der Waals surface area contributed by atoms with Gasteiger partial charge in [-0.05, 0) is 59.4 Å². The molecule has 0 radical (unpaired) electrons. The Morgan fingerprint density at radius 3 is 2.27 bits per heavy atom. The van der Waals surface area contributed by atoms with Crippen LogP contribution in [0.1, 0.15) is 53.0 Å². The zero-order valence-corrected chi connectivity index (χ0v) is 22.8. The lowest BCUT2D eigenvalue weighted by molar-refractivity contribution is -0.141. The van der Waals surface area contributed by atoms with Crippen molar-refractivity contribution in [3.63, 3.8) is 0 Å². The molecule has 37 heavy (non-hydrogen) atoms. The predicted octanol–water partition coefficient (Wildman–Crippen LogP) is 1.93. The van der Waals surface area contributed by atoms with Crippen LogP contribution in [0.2, 0.25) is 0 Å². The van der Waals surface area contributed by atoms with Crippen molar-refractivity contribution in [2.24, 2.45) is 0 Å². The summed E-state index contributed by atoms with van der Waals surface area (Å²) in [5.74, 6) is -2.00. The van der Waals surface area contributed by atoms with E-state index < -0.39 is 53.6 Å². The van der Waals surface area contributed by atoms with Crippen LogP contribution in [0.15, 0.2) is 30.3 Å². The maximum absolute atomic E-state index is 13.1. The van der Waals surface area contributed by atoms with Crippen LogP contribution in [0.25, 0.3) is 0 Å². The Morgan fingerprint density at radius 1 is 1.03 bits per heavy atom. The van der Waals surface area contributed by atoms with Crippen LogP contribution < -0.4 is 16.0 Å². The Labute approximate surface area is 222 Å². The van der Waals surface area contributed by atoms with Crippen molar-refractivity contribution in [1.82, 2.24) is 20.9 Å². The molecule has 4 amide bonds. The molecule has 1 aliphatic heterocycles. The van der Waals surface area contributed by atoms with E-state index in [2.05, 4.69) is 16.0 Å². The largest absolute Gasteiger partial charge is 0.444 e. The Morgan fingerprint density at radius 2 is 1.68 bits per heavy atom. The maximum Gasteiger partial charge on any atom is 0.408 e. The van der Waals surface area contributed by atoms with Gasteiger partial charge in [-0.3, -0.25) is 19.2 Å². The second-order valence-corrected chi connectivity index (χ2v) is 10.4. The number of rotatable bonds is 10. The van der Waals surface area contributed by atoms with Crippen molar-refractivity contribution < 1.29 is 28.7 Å². The summed E-state index contributed by atoms with van der Waals surface area (Å²) >= 11 is 5.77. The molecule has 2 rings (SSSR count). The molecule has 1 saturated heterocycles. The monoisotopic (exact) mass is 536 g/mol. The van der Waals surface area contributed by atoms with Crippen LogP contribution in [0.5, 0.6) is 0 Å². The number of ketones is 1. The van der Waals surface area contributed by atoms with Gasteiger partial charge >= 0.3 is 6.09 Å². The fraction of sp³-hybridized carbons (Fsp3) is 0.577. The number of alkyl carbamates (subject to hydrolysis) is 1. The molecule has 1 aromatic rings. The number of carbonyl (C=O) groups is 5. The van der Waals surface area contributed by atoms with Crippen molar-refractivity contribution in [1.29, 1.82) is 0 Å². The fourth-order valence-corrected chi connectivity index (χ4v) is 4.14. The number of likely N-dealkylation sites (tertiary alicyclic amines) is 1. The van der Waals surface area contributed by atoms with Crippen LogP contribution in [0, 0.1) is 0 Å². The van der Waals surface area contributed by atoms with E-state index in [0.29, 0.717) is 19.4 Å². The summed E-state index contributed by atoms with van der Waals surface area (Å²) in [7, 11) is 0. The van der Waals surface area contributed by atoms with Crippen LogP contribution in [0.4, 0.5) is 4.79 Å². The third-order valence-electron chi connectivity index (χ3n) is 5.81. The van der Waals surface area contributed by atoms with Crippen LogP contribution in [-0.4, -0.2) is 76.7 Å².